The average molecular weight is 222 g/mol. The number of rotatable bonds is 6. The molecule has 0 aliphatic carbocycles. The van der Waals surface area contributed by atoms with Crippen LogP contribution in [0.25, 0.3) is 0 Å². The second-order valence-corrected chi connectivity index (χ2v) is 5.82. The molecule has 0 N–H and O–H groups in total. The van der Waals surface area contributed by atoms with Crippen LogP contribution in [0.5, 0.6) is 0 Å². The Hall–Kier alpha value is -0.550. The standard InChI is InChI=1S/C14H26N2/c1-4-13-7-10-16(11-13)9-6-5-8-14(2,3)12-15/h13H,4-11H2,1-3H3. The molecule has 1 heterocycles. The molecule has 0 amide bonds. The van der Waals surface area contributed by atoms with Gasteiger partial charge in [-0.15, -0.1) is 0 Å². The molecule has 1 unspecified atom stereocenters. The van der Waals surface area contributed by atoms with Crippen molar-refractivity contribution >= 4 is 0 Å². The van der Waals surface area contributed by atoms with Crippen molar-refractivity contribution in [2.45, 2.75) is 52.9 Å². The Morgan fingerprint density at radius 2 is 2.12 bits per heavy atom. The highest BCUT2D eigenvalue weighted by atomic mass is 15.1. The summed E-state index contributed by atoms with van der Waals surface area (Å²) in [7, 11) is 0. The first-order chi connectivity index (χ1) is 7.57. The number of hydrogen-bond acceptors (Lipinski definition) is 2. The minimum absolute atomic E-state index is 0.128. The van der Waals surface area contributed by atoms with E-state index >= 15 is 0 Å². The van der Waals surface area contributed by atoms with Gasteiger partial charge in [0.2, 0.25) is 0 Å². The number of nitrogens with zero attached hydrogens (tertiary/aromatic N) is 2. The Morgan fingerprint density at radius 1 is 1.38 bits per heavy atom. The number of unbranched alkanes of at least 4 members (excludes halogenated alkanes) is 1. The maximum Gasteiger partial charge on any atom is 0.0683 e. The fourth-order valence-electron chi connectivity index (χ4n) is 2.41. The van der Waals surface area contributed by atoms with Crippen LogP contribution in [0.4, 0.5) is 0 Å². The lowest BCUT2D eigenvalue weighted by Gasteiger charge is -2.18. The lowest BCUT2D eigenvalue weighted by molar-refractivity contribution is 0.304. The predicted octanol–water partition coefficient (Wildman–Crippen LogP) is 3.44. The third kappa shape index (κ3) is 4.53. The summed E-state index contributed by atoms with van der Waals surface area (Å²) in [6.07, 6.45) is 6.20. The van der Waals surface area contributed by atoms with Crippen LogP contribution in [0.15, 0.2) is 0 Å². The molecule has 92 valence electrons. The van der Waals surface area contributed by atoms with Gasteiger partial charge in [-0.05, 0) is 52.1 Å². The summed E-state index contributed by atoms with van der Waals surface area (Å²) in [4.78, 5) is 2.59. The Kier molecular flexibility index (Phi) is 5.28. The highest BCUT2D eigenvalue weighted by molar-refractivity contribution is 4.91. The molecule has 1 aliphatic heterocycles. The Morgan fingerprint density at radius 3 is 2.69 bits per heavy atom. The van der Waals surface area contributed by atoms with Gasteiger partial charge in [-0.1, -0.05) is 19.8 Å². The molecule has 16 heavy (non-hydrogen) atoms. The largest absolute Gasteiger partial charge is 0.303 e. The first-order valence-corrected chi connectivity index (χ1v) is 6.71. The maximum atomic E-state index is 8.91. The first kappa shape index (κ1) is 13.5. The van der Waals surface area contributed by atoms with Crippen molar-refractivity contribution in [3.63, 3.8) is 0 Å². The minimum atomic E-state index is -0.128. The van der Waals surface area contributed by atoms with Crippen molar-refractivity contribution in [3.05, 3.63) is 0 Å². The quantitative estimate of drug-likeness (QED) is 0.644. The van der Waals surface area contributed by atoms with Crippen LogP contribution in [0.1, 0.15) is 52.9 Å². The van der Waals surface area contributed by atoms with Crippen molar-refractivity contribution in [2.24, 2.45) is 11.3 Å². The van der Waals surface area contributed by atoms with Crippen LogP contribution < -0.4 is 0 Å². The van der Waals surface area contributed by atoms with Crippen molar-refractivity contribution < 1.29 is 0 Å². The number of hydrogen-bond donors (Lipinski definition) is 0. The molecule has 0 aromatic carbocycles. The van der Waals surface area contributed by atoms with E-state index in [4.69, 9.17) is 5.26 Å². The first-order valence-electron chi connectivity index (χ1n) is 6.71. The van der Waals surface area contributed by atoms with Crippen molar-refractivity contribution in [1.82, 2.24) is 4.90 Å². The summed E-state index contributed by atoms with van der Waals surface area (Å²) < 4.78 is 0. The van der Waals surface area contributed by atoms with Gasteiger partial charge in [-0.2, -0.15) is 5.26 Å². The van der Waals surface area contributed by atoms with E-state index in [0.717, 1.165) is 12.3 Å². The van der Waals surface area contributed by atoms with E-state index in [9.17, 15) is 0 Å². The maximum absolute atomic E-state index is 8.91. The third-order valence-electron chi connectivity index (χ3n) is 3.78. The van der Waals surface area contributed by atoms with Gasteiger partial charge in [-0.25, -0.2) is 0 Å². The molecular weight excluding hydrogens is 196 g/mol. The van der Waals surface area contributed by atoms with Crippen LogP contribution >= 0.6 is 0 Å². The van der Waals surface area contributed by atoms with Crippen LogP contribution in [0.2, 0.25) is 0 Å². The van der Waals surface area contributed by atoms with Crippen LogP contribution in [0, 0.1) is 22.7 Å². The highest BCUT2D eigenvalue weighted by Gasteiger charge is 2.20. The summed E-state index contributed by atoms with van der Waals surface area (Å²) in [6.45, 7) is 10.2. The zero-order valence-electron chi connectivity index (χ0n) is 11.1. The van der Waals surface area contributed by atoms with Crippen LogP contribution in [0.3, 0.4) is 0 Å². The summed E-state index contributed by atoms with van der Waals surface area (Å²) in [5.41, 5.74) is -0.128. The molecule has 1 aliphatic rings. The molecule has 0 saturated carbocycles. The van der Waals surface area contributed by atoms with E-state index in [2.05, 4.69) is 17.9 Å². The molecule has 1 rings (SSSR count). The number of likely N-dealkylation sites (tertiary alicyclic amines) is 1. The molecule has 1 fully saturated rings. The summed E-state index contributed by atoms with van der Waals surface area (Å²) in [5.74, 6) is 0.940. The van der Waals surface area contributed by atoms with Crippen LogP contribution in [-0.4, -0.2) is 24.5 Å². The van der Waals surface area contributed by atoms with Crippen molar-refractivity contribution in [3.8, 4) is 6.07 Å². The van der Waals surface area contributed by atoms with Gasteiger partial charge >= 0.3 is 0 Å². The lowest BCUT2D eigenvalue weighted by atomic mass is 9.89. The highest BCUT2D eigenvalue weighted by Crippen LogP contribution is 2.23. The average Bonchev–Trinajstić information content (AvgIpc) is 2.72. The molecular formula is C14H26N2. The molecule has 0 spiro atoms. The molecule has 0 radical (unpaired) electrons. The van der Waals surface area contributed by atoms with Crippen molar-refractivity contribution in [1.29, 1.82) is 5.26 Å². The third-order valence-corrected chi connectivity index (χ3v) is 3.78. The van der Waals surface area contributed by atoms with Gasteiger partial charge in [-0.3, -0.25) is 0 Å². The molecule has 1 saturated heterocycles. The number of nitriles is 1. The second-order valence-electron chi connectivity index (χ2n) is 5.82. The van der Waals surface area contributed by atoms with E-state index < -0.39 is 0 Å². The fourth-order valence-corrected chi connectivity index (χ4v) is 2.41. The normalized spacial score (nSPS) is 22.2. The molecule has 2 heteroatoms. The van der Waals surface area contributed by atoms with E-state index in [1.807, 2.05) is 13.8 Å². The SMILES string of the molecule is CCC1CCN(CCCCC(C)(C)C#N)C1. The lowest BCUT2D eigenvalue weighted by Crippen LogP contribution is -2.22. The summed E-state index contributed by atoms with van der Waals surface area (Å²) in [5, 5.41) is 8.91. The molecule has 0 aromatic rings. The zero-order valence-corrected chi connectivity index (χ0v) is 11.1. The smallest absolute Gasteiger partial charge is 0.0683 e. The van der Waals surface area contributed by atoms with Gasteiger partial charge in [0.05, 0.1) is 11.5 Å². The van der Waals surface area contributed by atoms with E-state index in [1.54, 1.807) is 0 Å². The van der Waals surface area contributed by atoms with E-state index in [0.29, 0.717) is 0 Å². The Labute approximate surface area is 101 Å². The van der Waals surface area contributed by atoms with Crippen LogP contribution in [-0.2, 0) is 0 Å². The minimum Gasteiger partial charge on any atom is -0.303 e. The Bertz CT molecular complexity index is 240. The van der Waals surface area contributed by atoms with E-state index in [-0.39, 0.29) is 5.41 Å². The topological polar surface area (TPSA) is 27.0 Å². The molecule has 0 bridgehead atoms. The van der Waals surface area contributed by atoms with Gasteiger partial charge in [0, 0.05) is 6.54 Å². The monoisotopic (exact) mass is 222 g/mol. The molecule has 0 aromatic heterocycles. The van der Waals surface area contributed by atoms with Crippen molar-refractivity contribution in [2.75, 3.05) is 19.6 Å². The summed E-state index contributed by atoms with van der Waals surface area (Å²) in [6, 6.07) is 2.37. The second kappa shape index (κ2) is 6.25. The Balaban J connectivity index is 2.07. The van der Waals surface area contributed by atoms with Gasteiger partial charge < -0.3 is 4.90 Å². The summed E-state index contributed by atoms with van der Waals surface area (Å²) >= 11 is 0. The van der Waals surface area contributed by atoms with Gasteiger partial charge in [0.1, 0.15) is 0 Å². The zero-order chi connectivity index (χ0) is 12.0. The fraction of sp³-hybridized carbons (Fsp3) is 0.929. The van der Waals surface area contributed by atoms with Gasteiger partial charge in [0.25, 0.3) is 0 Å². The van der Waals surface area contributed by atoms with Gasteiger partial charge in [0.15, 0.2) is 0 Å². The predicted molar refractivity (Wildman–Crippen MR) is 68.1 cm³/mol. The van der Waals surface area contributed by atoms with E-state index in [1.165, 1.54) is 45.3 Å². The molecule has 2 nitrogen and oxygen atoms in total. The molecule has 1 atom stereocenters.